The number of aromatic nitrogens is 2. The molecule has 0 saturated heterocycles. The van der Waals surface area contributed by atoms with Crippen LogP contribution in [0.1, 0.15) is 12.7 Å². The zero-order valence-electron chi connectivity index (χ0n) is 13.6. The van der Waals surface area contributed by atoms with Crippen LogP contribution in [0.2, 0.25) is 10.0 Å². The Balaban J connectivity index is 1.80. The van der Waals surface area contributed by atoms with Gasteiger partial charge in [-0.15, -0.1) is 0 Å². The molecule has 1 N–H and O–H groups in total. The van der Waals surface area contributed by atoms with Crippen molar-refractivity contribution < 1.29 is 4.79 Å². The highest BCUT2D eigenvalue weighted by Crippen LogP contribution is 2.29. The smallest absolute Gasteiger partial charge is 0.237 e. The molecule has 1 aromatic heterocycles. The first-order valence-electron chi connectivity index (χ1n) is 7.59. The Labute approximate surface area is 160 Å². The predicted molar refractivity (Wildman–Crippen MR) is 105 cm³/mol. The summed E-state index contributed by atoms with van der Waals surface area (Å²) in [5.74, 6) is 0.527. The van der Waals surface area contributed by atoms with E-state index in [1.165, 1.54) is 11.8 Å². The van der Waals surface area contributed by atoms with E-state index in [1.54, 1.807) is 18.2 Å². The lowest BCUT2D eigenvalue weighted by Gasteiger charge is -2.13. The van der Waals surface area contributed by atoms with Gasteiger partial charge in [0.05, 0.1) is 10.8 Å². The summed E-state index contributed by atoms with van der Waals surface area (Å²) in [6.07, 6.45) is 0. The lowest BCUT2D eigenvalue weighted by molar-refractivity contribution is -0.115. The maximum atomic E-state index is 12.5. The Hall–Kier alpha value is -1.82. The van der Waals surface area contributed by atoms with Gasteiger partial charge in [0.15, 0.2) is 0 Å². The van der Waals surface area contributed by atoms with Gasteiger partial charge in [0, 0.05) is 21.1 Å². The number of nitrogens with zero attached hydrogens (tertiary/aromatic N) is 2. The molecule has 4 nitrogen and oxygen atoms in total. The summed E-state index contributed by atoms with van der Waals surface area (Å²) in [7, 11) is 0. The standard InChI is InChI=1S/C18H15Cl2N3OS/c1-10(17(24)23-14-8-12(19)7-13(20)9-14)25-18-15-5-3-4-6-16(15)21-11(2)22-18/h3-10H,1-2H3,(H,23,24)/t10-/m0/s1. The van der Waals surface area contributed by atoms with Gasteiger partial charge < -0.3 is 5.32 Å². The minimum absolute atomic E-state index is 0.149. The molecule has 1 atom stereocenters. The topological polar surface area (TPSA) is 54.9 Å². The summed E-state index contributed by atoms with van der Waals surface area (Å²) < 4.78 is 0. The largest absolute Gasteiger partial charge is 0.325 e. The molecule has 0 unspecified atom stereocenters. The van der Waals surface area contributed by atoms with Gasteiger partial charge in [-0.25, -0.2) is 9.97 Å². The molecule has 7 heteroatoms. The molecule has 3 aromatic rings. The molecule has 0 saturated carbocycles. The molecular weight excluding hydrogens is 377 g/mol. The SMILES string of the molecule is Cc1nc(S[C@@H](C)C(=O)Nc2cc(Cl)cc(Cl)c2)c2ccccc2n1. The predicted octanol–water partition coefficient (Wildman–Crippen LogP) is 5.36. The lowest BCUT2D eigenvalue weighted by Crippen LogP contribution is -2.22. The summed E-state index contributed by atoms with van der Waals surface area (Å²) >= 11 is 13.3. The fourth-order valence-corrected chi connectivity index (χ4v) is 3.85. The number of nitrogens with one attached hydrogen (secondary N) is 1. The van der Waals surface area contributed by atoms with E-state index in [-0.39, 0.29) is 11.2 Å². The van der Waals surface area contributed by atoms with Crippen LogP contribution in [0.5, 0.6) is 0 Å². The number of amides is 1. The summed E-state index contributed by atoms with van der Waals surface area (Å²) in [5.41, 5.74) is 1.44. The third-order valence-corrected chi connectivity index (χ3v) is 5.01. The van der Waals surface area contributed by atoms with Crippen LogP contribution in [0.4, 0.5) is 5.69 Å². The highest BCUT2D eigenvalue weighted by atomic mass is 35.5. The van der Waals surface area contributed by atoms with Crippen molar-refractivity contribution in [3.05, 3.63) is 58.3 Å². The highest BCUT2D eigenvalue weighted by molar-refractivity contribution is 8.00. The fraction of sp³-hybridized carbons (Fsp3) is 0.167. The molecule has 1 heterocycles. The molecule has 0 bridgehead atoms. The van der Waals surface area contributed by atoms with Gasteiger partial charge in [-0.1, -0.05) is 53.2 Å². The monoisotopic (exact) mass is 391 g/mol. The van der Waals surface area contributed by atoms with E-state index in [2.05, 4.69) is 15.3 Å². The fourth-order valence-electron chi connectivity index (χ4n) is 2.34. The number of benzene rings is 2. The van der Waals surface area contributed by atoms with Crippen molar-refractivity contribution in [3.8, 4) is 0 Å². The van der Waals surface area contributed by atoms with Crippen molar-refractivity contribution in [3.63, 3.8) is 0 Å². The van der Waals surface area contributed by atoms with E-state index >= 15 is 0 Å². The molecule has 25 heavy (non-hydrogen) atoms. The Kier molecular flexibility index (Phi) is 5.47. The number of anilines is 1. The lowest BCUT2D eigenvalue weighted by atomic mass is 10.2. The minimum Gasteiger partial charge on any atom is -0.325 e. The molecule has 0 spiro atoms. The minimum atomic E-state index is -0.351. The zero-order chi connectivity index (χ0) is 18.0. The van der Waals surface area contributed by atoms with Crippen LogP contribution in [0.3, 0.4) is 0 Å². The van der Waals surface area contributed by atoms with Crippen LogP contribution in [0.25, 0.3) is 10.9 Å². The quantitative estimate of drug-likeness (QED) is 0.480. The second kappa shape index (κ2) is 7.60. The molecule has 1 amide bonds. The summed E-state index contributed by atoms with van der Waals surface area (Å²) in [6, 6.07) is 12.7. The third-order valence-electron chi connectivity index (χ3n) is 3.47. The van der Waals surface area contributed by atoms with Crippen LogP contribution in [0, 0.1) is 6.92 Å². The second-order valence-electron chi connectivity index (χ2n) is 5.50. The van der Waals surface area contributed by atoms with Crippen LogP contribution in [-0.4, -0.2) is 21.1 Å². The Morgan fingerprint density at radius 2 is 1.80 bits per heavy atom. The second-order valence-corrected chi connectivity index (χ2v) is 7.70. The van der Waals surface area contributed by atoms with E-state index < -0.39 is 0 Å². The average molecular weight is 392 g/mol. The zero-order valence-corrected chi connectivity index (χ0v) is 15.9. The molecule has 0 fully saturated rings. The van der Waals surface area contributed by atoms with Crippen molar-refractivity contribution in [1.82, 2.24) is 9.97 Å². The molecule has 128 valence electrons. The third kappa shape index (κ3) is 4.42. The first kappa shape index (κ1) is 18.0. The number of para-hydroxylation sites is 1. The molecule has 3 rings (SSSR count). The molecule has 2 aromatic carbocycles. The first-order chi connectivity index (χ1) is 11.9. The normalized spacial score (nSPS) is 12.2. The number of hydrogen-bond acceptors (Lipinski definition) is 4. The van der Waals surface area contributed by atoms with Crippen LogP contribution in [-0.2, 0) is 4.79 Å². The number of halogens is 2. The Bertz CT molecular complexity index is 929. The number of aryl methyl sites for hydroxylation is 1. The summed E-state index contributed by atoms with van der Waals surface area (Å²) in [6.45, 7) is 3.67. The van der Waals surface area contributed by atoms with E-state index in [9.17, 15) is 4.79 Å². The van der Waals surface area contributed by atoms with Crippen molar-refractivity contribution in [2.75, 3.05) is 5.32 Å². The highest BCUT2D eigenvalue weighted by Gasteiger charge is 2.18. The van der Waals surface area contributed by atoms with E-state index in [0.717, 1.165) is 15.9 Å². The number of carbonyl (C=O) groups excluding carboxylic acids is 1. The Morgan fingerprint density at radius 3 is 2.52 bits per heavy atom. The number of hydrogen-bond donors (Lipinski definition) is 1. The van der Waals surface area contributed by atoms with Gasteiger partial charge in [-0.05, 0) is 38.1 Å². The van der Waals surface area contributed by atoms with Gasteiger partial charge in [0.25, 0.3) is 0 Å². The maximum Gasteiger partial charge on any atom is 0.237 e. The van der Waals surface area contributed by atoms with Crippen molar-refractivity contribution in [1.29, 1.82) is 0 Å². The molecule has 0 aliphatic heterocycles. The van der Waals surface area contributed by atoms with Crippen LogP contribution in [0.15, 0.2) is 47.5 Å². The molecule has 0 aliphatic rings. The average Bonchev–Trinajstić information content (AvgIpc) is 2.53. The number of rotatable bonds is 4. The molecular formula is C18H15Cl2N3OS. The van der Waals surface area contributed by atoms with Crippen LogP contribution >= 0.6 is 35.0 Å². The van der Waals surface area contributed by atoms with Crippen LogP contribution < -0.4 is 5.32 Å². The summed E-state index contributed by atoms with van der Waals surface area (Å²) in [5, 5.41) is 5.15. The van der Waals surface area contributed by atoms with Gasteiger partial charge in [0.1, 0.15) is 10.9 Å². The van der Waals surface area contributed by atoms with Gasteiger partial charge in [0.2, 0.25) is 5.91 Å². The van der Waals surface area contributed by atoms with Crippen molar-refractivity contribution in [2.45, 2.75) is 24.1 Å². The van der Waals surface area contributed by atoms with Crippen molar-refractivity contribution >= 4 is 57.5 Å². The number of thioether (sulfide) groups is 1. The molecule has 0 aliphatic carbocycles. The van der Waals surface area contributed by atoms with Gasteiger partial charge in [-0.2, -0.15) is 0 Å². The van der Waals surface area contributed by atoms with Gasteiger partial charge in [-0.3, -0.25) is 4.79 Å². The maximum absolute atomic E-state index is 12.5. The van der Waals surface area contributed by atoms with E-state index in [1.807, 2.05) is 38.1 Å². The number of fused-ring (bicyclic) bond motifs is 1. The first-order valence-corrected chi connectivity index (χ1v) is 9.23. The molecule has 0 radical (unpaired) electrons. The van der Waals surface area contributed by atoms with E-state index in [4.69, 9.17) is 23.2 Å². The van der Waals surface area contributed by atoms with E-state index in [0.29, 0.717) is 21.6 Å². The Morgan fingerprint density at radius 1 is 1.12 bits per heavy atom. The van der Waals surface area contributed by atoms with Gasteiger partial charge >= 0.3 is 0 Å². The summed E-state index contributed by atoms with van der Waals surface area (Å²) in [4.78, 5) is 21.4. The number of carbonyl (C=O) groups is 1. The van der Waals surface area contributed by atoms with Crippen molar-refractivity contribution in [2.24, 2.45) is 0 Å².